The summed E-state index contributed by atoms with van der Waals surface area (Å²) < 4.78 is 5.25. The van der Waals surface area contributed by atoms with Crippen molar-refractivity contribution in [3.63, 3.8) is 0 Å². The van der Waals surface area contributed by atoms with Crippen LogP contribution in [0.4, 0.5) is 0 Å². The van der Waals surface area contributed by atoms with Crippen molar-refractivity contribution >= 4 is 23.4 Å². The number of thioether (sulfide) groups is 1. The summed E-state index contributed by atoms with van der Waals surface area (Å²) >= 11 is 7.72. The average Bonchev–Trinajstić information content (AvgIpc) is 2.85. The van der Waals surface area contributed by atoms with Gasteiger partial charge in [0.1, 0.15) is 0 Å². The van der Waals surface area contributed by atoms with Crippen molar-refractivity contribution in [1.82, 2.24) is 15.5 Å². The summed E-state index contributed by atoms with van der Waals surface area (Å²) in [7, 11) is 0. The molecular formula is C14H18ClN3OS. The lowest BCUT2D eigenvalue weighted by Gasteiger charge is -2.07. The van der Waals surface area contributed by atoms with Crippen LogP contribution < -0.4 is 5.32 Å². The van der Waals surface area contributed by atoms with E-state index in [-0.39, 0.29) is 0 Å². The van der Waals surface area contributed by atoms with E-state index in [1.807, 2.05) is 24.3 Å². The molecule has 0 radical (unpaired) electrons. The first-order valence-electron chi connectivity index (χ1n) is 6.61. The molecule has 0 bridgehead atoms. The van der Waals surface area contributed by atoms with Gasteiger partial charge in [-0.15, -0.1) is 11.8 Å². The van der Waals surface area contributed by atoms with Gasteiger partial charge in [-0.2, -0.15) is 4.98 Å². The number of halogens is 1. The molecule has 1 heterocycles. The number of likely N-dealkylation sites (N-methyl/N-ethyl adjacent to an activating group) is 1. The van der Waals surface area contributed by atoms with Gasteiger partial charge in [-0.25, -0.2) is 0 Å². The third-order valence-corrected chi connectivity index (χ3v) is 4.25. The van der Waals surface area contributed by atoms with Crippen molar-refractivity contribution in [2.75, 3.05) is 6.54 Å². The smallest absolute Gasteiger partial charge is 0.228 e. The maximum Gasteiger partial charge on any atom is 0.228 e. The molecule has 0 saturated heterocycles. The summed E-state index contributed by atoms with van der Waals surface area (Å²) in [4.78, 5) is 5.42. The van der Waals surface area contributed by atoms with E-state index < -0.39 is 0 Å². The number of nitrogens with zero attached hydrogens (tertiary/aromatic N) is 2. The summed E-state index contributed by atoms with van der Waals surface area (Å²) in [5, 5.41) is 8.07. The summed E-state index contributed by atoms with van der Waals surface area (Å²) in [6.07, 6.45) is 0.748. The zero-order chi connectivity index (χ0) is 14.4. The lowest BCUT2D eigenvalue weighted by molar-refractivity contribution is 0.359. The van der Waals surface area contributed by atoms with Gasteiger partial charge in [0.2, 0.25) is 5.89 Å². The summed E-state index contributed by atoms with van der Waals surface area (Å²) in [6.45, 7) is 5.12. The third-order valence-electron chi connectivity index (χ3n) is 2.74. The van der Waals surface area contributed by atoms with Crippen molar-refractivity contribution in [2.24, 2.45) is 0 Å². The number of aromatic nitrogens is 2. The highest BCUT2D eigenvalue weighted by molar-refractivity contribution is 7.98. The van der Waals surface area contributed by atoms with Crippen LogP contribution in [-0.2, 0) is 12.2 Å². The van der Waals surface area contributed by atoms with Gasteiger partial charge in [-0.05, 0) is 25.6 Å². The highest BCUT2D eigenvalue weighted by atomic mass is 35.5. The first kappa shape index (κ1) is 15.4. The van der Waals surface area contributed by atoms with Crippen LogP contribution in [-0.4, -0.2) is 22.7 Å². The monoisotopic (exact) mass is 311 g/mol. The Morgan fingerprint density at radius 1 is 1.40 bits per heavy atom. The average molecular weight is 312 g/mol. The molecule has 0 amide bonds. The molecule has 0 saturated carbocycles. The molecule has 4 nitrogen and oxygen atoms in total. The molecule has 1 aromatic carbocycles. The topological polar surface area (TPSA) is 51.0 Å². The standard InChI is InChI=1S/C14H18ClN3OS/c1-3-16-10(2)8-14-17-13(18-19-14)9-20-12-7-5-4-6-11(12)15/h4-7,10,16H,3,8-9H2,1-2H3. The molecule has 0 spiro atoms. The zero-order valence-corrected chi connectivity index (χ0v) is 13.2. The van der Waals surface area contributed by atoms with Gasteiger partial charge in [-0.3, -0.25) is 0 Å². The SMILES string of the molecule is CCNC(C)Cc1nc(CSc2ccccc2Cl)no1. The fourth-order valence-electron chi connectivity index (χ4n) is 1.82. The Bertz CT molecular complexity index is 547. The van der Waals surface area contributed by atoms with E-state index in [0.29, 0.717) is 23.5 Å². The fraction of sp³-hybridized carbons (Fsp3) is 0.429. The minimum Gasteiger partial charge on any atom is -0.339 e. The van der Waals surface area contributed by atoms with Crippen molar-refractivity contribution in [2.45, 2.75) is 37.0 Å². The number of hydrogen-bond acceptors (Lipinski definition) is 5. The number of nitrogens with one attached hydrogen (secondary N) is 1. The van der Waals surface area contributed by atoms with Gasteiger partial charge < -0.3 is 9.84 Å². The van der Waals surface area contributed by atoms with E-state index in [2.05, 4.69) is 29.3 Å². The zero-order valence-electron chi connectivity index (χ0n) is 11.6. The highest BCUT2D eigenvalue weighted by Gasteiger charge is 2.11. The van der Waals surface area contributed by atoms with E-state index in [1.165, 1.54) is 0 Å². The minimum atomic E-state index is 0.338. The van der Waals surface area contributed by atoms with E-state index in [1.54, 1.807) is 11.8 Å². The first-order chi connectivity index (χ1) is 9.69. The number of rotatable bonds is 7. The van der Waals surface area contributed by atoms with Gasteiger partial charge in [-0.1, -0.05) is 35.8 Å². The van der Waals surface area contributed by atoms with Gasteiger partial charge in [0, 0.05) is 17.4 Å². The molecule has 1 unspecified atom stereocenters. The summed E-state index contributed by atoms with van der Waals surface area (Å²) in [5.41, 5.74) is 0. The number of hydrogen-bond donors (Lipinski definition) is 1. The van der Waals surface area contributed by atoms with Crippen LogP contribution in [0.15, 0.2) is 33.7 Å². The molecule has 2 aromatic rings. The molecular weight excluding hydrogens is 294 g/mol. The maximum absolute atomic E-state index is 6.11. The molecule has 1 aromatic heterocycles. The molecule has 0 fully saturated rings. The van der Waals surface area contributed by atoms with E-state index in [4.69, 9.17) is 16.1 Å². The first-order valence-corrected chi connectivity index (χ1v) is 7.97. The predicted octanol–water partition coefficient (Wildman–Crippen LogP) is 3.56. The largest absolute Gasteiger partial charge is 0.339 e. The van der Waals surface area contributed by atoms with Gasteiger partial charge >= 0.3 is 0 Å². The summed E-state index contributed by atoms with van der Waals surface area (Å²) in [5.74, 6) is 2.03. The Hall–Kier alpha value is -1.04. The lowest BCUT2D eigenvalue weighted by atomic mass is 10.2. The molecule has 0 aliphatic rings. The Kier molecular flexibility index (Phi) is 5.88. The molecule has 108 valence electrons. The van der Waals surface area contributed by atoms with Crippen LogP contribution in [0.5, 0.6) is 0 Å². The van der Waals surface area contributed by atoms with Crippen LogP contribution in [0, 0.1) is 0 Å². The Morgan fingerprint density at radius 3 is 2.95 bits per heavy atom. The number of benzene rings is 1. The summed E-state index contributed by atoms with van der Waals surface area (Å²) in [6, 6.07) is 8.09. The van der Waals surface area contributed by atoms with E-state index >= 15 is 0 Å². The van der Waals surface area contributed by atoms with Crippen molar-refractivity contribution in [3.05, 3.63) is 41.0 Å². The molecule has 2 rings (SSSR count). The van der Waals surface area contributed by atoms with Crippen molar-refractivity contribution < 1.29 is 4.52 Å². The second-order valence-corrected chi connectivity index (χ2v) is 5.91. The van der Waals surface area contributed by atoms with E-state index in [0.717, 1.165) is 22.9 Å². The minimum absolute atomic E-state index is 0.338. The second kappa shape index (κ2) is 7.67. The van der Waals surface area contributed by atoms with Gasteiger partial charge in [0.25, 0.3) is 0 Å². The molecule has 6 heteroatoms. The van der Waals surface area contributed by atoms with Crippen molar-refractivity contribution in [3.8, 4) is 0 Å². The lowest BCUT2D eigenvalue weighted by Crippen LogP contribution is -2.27. The van der Waals surface area contributed by atoms with Crippen LogP contribution in [0.3, 0.4) is 0 Å². The molecule has 1 N–H and O–H groups in total. The van der Waals surface area contributed by atoms with E-state index in [9.17, 15) is 0 Å². The highest BCUT2D eigenvalue weighted by Crippen LogP contribution is 2.28. The molecule has 0 aliphatic heterocycles. The molecule has 1 atom stereocenters. The maximum atomic E-state index is 6.11. The van der Waals surface area contributed by atoms with Crippen molar-refractivity contribution in [1.29, 1.82) is 0 Å². The van der Waals surface area contributed by atoms with Gasteiger partial charge in [0.15, 0.2) is 5.82 Å². The second-order valence-electron chi connectivity index (χ2n) is 4.49. The fourth-order valence-corrected chi connectivity index (χ4v) is 2.90. The van der Waals surface area contributed by atoms with Crippen LogP contribution >= 0.6 is 23.4 Å². The molecule has 0 aliphatic carbocycles. The Morgan fingerprint density at radius 2 is 2.20 bits per heavy atom. The van der Waals surface area contributed by atoms with Crippen LogP contribution in [0.1, 0.15) is 25.6 Å². The molecule has 20 heavy (non-hydrogen) atoms. The van der Waals surface area contributed by atoms with Crippen LogP contribution in [0.2, 0.25) is 5.02 Å². The Labute approximate surface area is 128 Å². The Balaban J connectivity index is 1.88. The van der Waals surface area contributed by atoms with Gasteiger partial charge in [0.05, 0.1) is 10.8 Å². The van der Waals surface area contributed by atoms with Crippen LogP contribution in [0.25, 0.3) is 0 Å². The quantitative estimate of drug-likeness (QED) is 0.792. The normalized spacial score (nSPS) is 12.6. The third kappa shape index (κ3) is 4.51. The predicted molar refractivity (Wildman–Crippen MR) is 82.2 cm³/mol.